The first kappa shape index (κ1) is 15.9. The highest BCUT2D eigenvalue weighted by Crippen LogP contribution is 1.85. The van der Waals surface area contributed by atoms with Crippen LogP contribution in [0.5, 0.6) is 0 Å². The van der Waals surface area contributed by atoms with E-state index in [9.17, 15) is 4.79 Å². The molecule has 0 fully saturated rings. The molecule has 0 aliphatic rings. The fourth-order valence-electron chi connectivity index (χ4n) is 0.101. The van der Waals surface area contributed by atoms with Crippen LogP contribution in [0.2, 0.25) is 0 Å². The Balaban J connectivity index is -0.000000149. The van der Waals surface area contributed by atoms with E-state index >= 15 is 0 Å². The summed E-state index contributed by atoms with van der Waals surface area (Å²) in [5, 5.41) is 0. The molecule has 4 nitrogen and oxygen atoms in total. The molecule has 0 aromatic heterocycles. The molecule has 0 heterocycles. The zero-order valence-electron chi connectivity index (χ0n) is 6.02. The van der Waals surface area contributed by atoms with Crippen molar-refractivity contribution < 1.29 is 15.1 Å². The van der Waals surface area contributed by atoms with Gasteiger partial charge in [0.05, 0.1) is 0 Å². The van der Waals surface area contributed by atoms with Gasteiger partial charge < -0.3 is 10.3 Å². The molecule has 0 atom stereocenters. The summed E-state index contributed by atoms with van der Waals surface area (Å²) in [5.41, 5.74) is 0.308. The van der Waals surface area contributed by atoms with Crippen LogP contribution in [0, 0.1) is 0 Å². The minimum atomic E-state index is -0.569. The molecule has 0 aliphatic heterocycles. The SMILES string of the molecule is C=C.C=C(C)C(=O)ON.O. The van der Waals surface area contributed by atoms with Gasteiger partial charge in [0.2, 0.25) is 0 Å². The molecule has 0 radical (unpaired) electrons. The van der Waals surface area contributed by atoms with Gasteiger partial charge in [0.25, 0.3) is 0 Å². The van der Waals surface area contributed by atoms with Gasteiger partial charge in [-0.25, -0.2) is 4.79 Å². The quantitative estimate of drug-likeness (QED) is 0.321. The Labute approximate surface area is 60.2 Å². The Kier molecular flexibility index (Phi) is 17.2. The molecule has 4 N–H and O–H groups in total. The molecule has 0 unspecified atom stereocenters. The van der Waals surface area contributed by atoms with Gasteiger partial charge in [-0.2, -0.15) is 5.90 Å². The number of hydrogen-bond donors (Lipinski definition) is 1. The third-order valence-electron chi connectivity index (χ3n) is 0.455. The van der Waals surface area contributed by atoms with E-state index in [-0.39, 0.29) is 5.48 Å². The smallest absolute Gasteiger partial charge is 0.351 e. The van der Waals surface area contributed by atoms with Crippen molar-refractivity contribution in [1.82, 2.24) is 0 Å². The van der Waals surface area contributed by atoms with Gasteiger partial charge in [-0.3, -0.25) is 0 Å². The standard InChI is InChI=1S/C4H7NO2.C2H4.H2O/c1-3(2)4(6)7-5;1-2;/h1,5H2,2H3;1-2H2;1H2. The monoisotopic (exact) mass is 147 g/mol. The van der Waals surface area contributed by atoms with Crippen LogP contribution in [0.1, 0.15) is 6.92 Å². The molecule has 60 valence electrons. The summed E-state index contributed by atoms with van der Waals surface area (Å²) in [6, 6.07) is 0. The second-order valence-corrected chi connectivity index (χ2v) is 1.19. The number of carbonyl (C=O) groups excluding carboxylic acids is 1. The minimum Gasteiger partial charge on any atom is -0.412 e. The summed E-state index contributed by atoms with van der Waals surface area (Å²) in [4.78, 5) is 13.8. The van der Waals surface area contributed by atoms with Gasteiger partial charge in [-0.15, -0.1) is 13.2 Å². The number of rotatable bonds is 1. The highest BCUT2D eigenvalue weighted by atomic mass is 16.7. The molecule has 0 aliphatic carbocycles. The summed E-state index contributed by atoms with van der Waals surface area (Å²) in [7, 11) is 0. The maximum atomic E-state index is 10.1. The van der Waals surface area contributed by atoms with Crippen molar-refractivity contribution in [2.75, 3.05) is 0 Å². The van der Waals surface area contributed by atoms with Gasteiger partial charge in [-0.1, -0.05) is 6.58 Å². The lowest BCUT2D eigenvalue weighted by atomic mass is 10.4. The Morgan fingerprint density at radius 1 is 1.50 bits per heavy atom. The lowest BCUT2D eigenvalue weighted by molar-refractivity contribution is -0.139. The van der Waals surface area contributed by atoms with Gasteiger partial charge in [0, 0.05) is 5.57 Å². The Morgan fingerprint density at radius 3 is 1.80 bits per heavy atom. The van der Waals surface area contributed by atoms with E-state index in [0.717, 1.165) is 0 Å². The van der Waals surface area contributed by atoms with Crippen LogP contribution in [0.4, 0.5) is 0 Å². The predicted octanol–water partition coefficient (Wildman–Crippen LogP) is -0.0431. The van der Waals surface area contributed by atoms with Gasteiger partial charge in [0.1, 0.15) is 0 Å². The van der Waals surface area contributed by atoms with Crippen LogP contribution in [0.15, 0.2) is 25.3 Å². The van der Waals surface area contributed by atoms with E-state index in [2.05, 4.69) is 30.5 Å². The summed E-state index contributed by atoms with van der Waals surface area (Å²) in [6.45, 7) is 10.8. The van der Waals surface area contributed by atoms with Crippen molar-refractivity contribution in [3.05, 3.63) is 25.3 Å². The summed E-state index contributed by atoms with van der Waals surface area (Å²) in [6.07, 6.45) is 0. The van der Waals surface area contributed by atoms with E-state index < -0.39 is 5.97 Å². The van der Waals surface area contributed by atoms with Crippen LogP contribution >= 0.6 is 0 Å². The topological polar surface area (TPSA) is 83.8 Å². The van der Waals surface area contributed by atoms with E-state index in [1.54, 1.807) is 0 Å². The average molecular weight is 147 g/mol. The van der Waals surface area contributed by atoms with Gasteiger partial charge in [0.15, 0.2) is 0 Å². The first-order valence-electron chi connectivity index (χ1n) is 2.25. The number of nitrogens with two attached hydrogens (primary N) is 1. The average Bonchev–Trinajstić information content (AvgIpc) is 1.91. The highest BCUT2D eigenvalue weighted by Gasteiger charge is 1.96. The molecule has 0 aromatic carbocycles. The molecular weight excluding hydrogens is 134 g/mol. The molecular formula is C6H13NO3. The van der Waals surface area contributed by atoms with E-state index in [0.29, 0.717) is 5.57 Å². The molecule has 4 heteroatoms. The van der Waals surface area contributed by atoms with Crippen molar-refractivity contribution in [3.63, 3.8) is 0 Å². The summed E-state index contributed by atoms with van der Waals surface area (Å²) in [5.74, 6) is 3.89. The van der Waals surface area contributed by atoms with Crippen LogP contribution < -0.4 is 5.90 Å². The maximum absolute atomic E-state index is 10.1. The van der Waals surface area contributed by atoms with Crippen LogP contribution in [-0.4, -0.2) is 11.4 Å². The largest absolute Gasteiger partial charge is 0.412 e. The molecule has 0 rings (SSSR count). The fourth-order valence-corrected chi connectivity index (χ4v) is 0.101. The molecule has 0 saturated carbocycles. The van der Waals surface area contributed by atoms with E-state index in [1.165, 1.54) is 6.92 Å². The van der Waals surface area contributed by atoms with E-state index in [1.807, 2.05) is 0 Å². The van der Waals surface area contributed by atoms with Crippen LogP contribution in [0.3, 0.4) is 0 Å². The molecule has 0 spiro atoms. The van der Waals surface area contributed by atoms with Gasteiger partial charge in [-0.05, 0) is 6.92 Å². The van der Waals surface area contributed by atoms with E-state index in [4.69, 9.17) is 0 Å². The molecule has 0 aromatic rings. The predicted molar refractivity (Wildman–Crippen MR) is 40.0 cm³/mol. The molecule has 0 amide bonds. The maximum Gasteiger partial charge on any atom is 0.351 e. The summed E-state index contributed by atoms with van der Waals surface area (Å²) < 4.78 is 0. The Hall–Kier alpha value is -1.13. The van der Waals surface area contributed by atoms with Crippen molar-refractivity contribution in [1.29, 1.82) is 0 Å². The Bertz CT molecular complexity index is 112. The second-order valence-electron chi connectivity index (χ2n) is 1.19. The first-order valence-corrected chi connectivity index (χ1v) is 2.25. The summed E-state index contributed by atoms with van der Waals surface area (Å²) >= 11 is 0. The third-order valence-corrected chi connectivity index (χ3v) is 0.455. The third kappa shape index (κ3) is 9.98. The van der Waals surface area contributed by atoms with Crippen molar-refractivity contribution >= 4 is 5.97 Å². The zero-order valence-corrected chi connectivity index (χ0v) is 6.02. The molecule has 0 bridgehead atoms. The number of hydrogen-bond acceptors (Lipinski definition) is 3. The number of carbonyl (C=O) groups is 1. The van der Waals surface area contributed by atoms with Crippen LogP contribution in [-0.2, 0) is 9.63 Å². The second kappa shape index (κ2) is 10.8. The van der Waals surface area contributed by atoms with Gasteiger partial charge >= 0.3 is 5.97 Å². The Morgan fingerprint density at radius 2 is 1.80 bits per heavy atom. The highest BCUT2D eigenvalue weighted by molar-refractivity contribution is 5.86. The minimum absolute atomic E-state index is 0. The molecule has 10 heavy (non-hydrogen) atoms. The fraction of sp³-hybridized carbons (Fsp3) is 0.167. The zero-order chi connectivity index (χ0) is 7.86. The van der Waals surface area contributed by atoms with Crippen molar-refractivity contribution in [3.8, 4) is 0 Å². The lowest BCUT2D eigenvalue weighted by Gasteiger charge is -1.90. The lowest BCUT2D eigenvalue weighted by Crippen LogP contribution is -2.09. The normalized spacial score (nSPS) is 5.80. The van der Waals surface area contributed by atoms with Crippen molar-refractivity contribution in [2.24, 2.45) is 5.90 Å². The first-order chi connectivity index (χ1) is 4.18. The van der Waals surface area contributed by atoms with Crippen molar-refractivity contribution in [2.45, 2.75) is 6.92 Å². The van der Waals surface area contributed by atoms with Crippen LogP contribution in [0.25, 0.3) is 0 Å². The molecule has 0 saturated heterocycles.